The molecular formula is C7H15NO5. The Morgan fingerprint density at radius 1 is 1.23 bits per heavy atom. The summed E-state index contributed by atoms with van der Waals surface area (Å²) < 4.78 is 0. The molecule has 0 aliphatic heterocycles. The maximum Gasteiger partial charge on any atom is 0.151 e. The first kappa shape index (κ1) is 12.5. The van der Waals surface area contributed by atoms with E-state index in [9.17, 15) is 4.79 Å². The summed E-state index contributed by atoms with van der Waals surface area (Å²) in [6.45, 7) is 0.0593. The van der Waals surface area contributed by atoms with Gasteiger partial charge in [-0.25, -0.2) is 0 Å². The number of aldehydes is 1. The first-order valence-electron chi connectivity index (χ1n) is 3.86. The Balaban J connectivity index is 4.06. The van der Waals surface area contributed by atoms with Gasteiger partial charge in [-0.05, 0) is 7.05 Å². The fraction of sp³-hybridized carbons (Fsp3) is 0.857. The van der Waals surface area contributed by atoms with Crippen LogP contribution in [-0.4, -0.2) is 64.7 Å². The lowest BCUT2D eigenvalue weighted by molar-refractivity contribution is -0.133. The average Bonchev–Trinajstić information content (AvgIpc) is 2.14. The minimum absolute atomic E-state index is 0.0593. The molecule has 0 aromatic carbocycles. The molecule has 0 rings (SSSR count). The zero-order valence-corrected chi connectivity index (χ0v) is 7.29. The number of hydrogen-bond acceptors (Lipinski definition) is 6. The predicted molar refractivity (Wildman–Crippen MR) is 44.0 cm³/mol. The van der Waals surface area contributed by atoms with E-state index in [1.807, 2.05) is 0 Å². The summed E-state index contributed by atoms with van der Waals surface area (Å²) in [6, 6.07) is 0. The minimum Gasteiger partial charge on any atom is -0.389 e. The van der Waals surface area contributed by atoms with Crippen molar-refractivity contribution in [1.82, 2.24) is 5.32 Å². The van der Waals surface area contributed by atoms with Crippen LogP contribution in [0.2, 0.25) is 0 Å². The molecule has 0 aliphatic rings. The van der Waals surface area contributed by atoms with Gasteiger partial charge in [0.15, 0.2) is 6.29 Å². The zero-order chi connectivity index (χ0) is 10.4. The molecule has 0 bridgehead atoms. The number of carbonyl (C=O) groups is 1. The lowest BCUT2D eigenvalue weighted by atomic mass is 10.0. The van der Waals surface area contributed by atoms with E-state index in [2.05, 4.69) is 5.32 Å². The Labute approximate surface area is 75.8 Å². The van der Waals surface area contributed by atoms with E-state index in [1.54, 1.807) is 7.05 Å². The Bertz CT molecular complexity index is 154. The van der Waals surface area contributed by atoms with Crippen molar-refractivity contribution in [2.75, 3.05) is 13.6 Å². The van der Waals surface area contributed by atoms with Gasteiger partial charge in [-0.3, -0.25) is 0 Å². The molecule has 5 N–H and O–H groups in total. The predicted octanol–water partition coefficient (Wildman–Crippen LogP) is -3.15. The molecule has 6 nitrogen and oxygen atoms in total. The summed E-state index contributed by atoms with van der Waals surface area (Å²) in [5.74, 6) is 0. The van der Waals surface area contributed by atoms with Crippen LogP contribution in [0.5, 0.6) is 0 Å². The molecule has 6 heteroatoms. The van der Waals surface area contributed by atoms with Gasteiger partial charge in [0.05, 0.1) is 6.10 Å². The molecule has 4 atom stereocenters. The lowest BCUT2D eigenvalue weighted by Crippen LogP contribution is -2.48. The topological polar surface area (TPSA) is 110 Å². The van der Waals surface area contributed by atoms with E-state index >= 15 is 0 Å². The van der Waals surface area contributed by atoms with E-state index in [1.165, 1.54) is 0 Å². The van der Waals surface area contributed by atoms with Crippen molar-refractivity contribution in [3.05, 3.63) is 0 Å². The van der Waals surface area contributed by atoms with Crippen molar-refractivity contribution in [1.29, 1.82) is 0 Å². The first-order chi connectivity index (χ1) is 6.04. The van der Waals surface area contributed by atoms with Gasteiger partial charge in [-0.1, -0.05) is 0 Å². The third kappa shape index (κ3) is 3.79. The number of hydrogen-bond donors (Lipinski definition) is 5. The Morgan fingerprint density at radius 2 is 1.77 bits per heavy atom. The molecule has 0 spiro atoms. The van der Waals surface area contributed by atoms with Gasteiger partial charge in [-0.15, -0.1) is 0 Å². The maximum atomic E-state index is 10.0. The van der Waals surface area contributed by atoms with Gasteiger partial charge in [0.2, 0.25) is 0 Å². The quantitative estimate of drug-likeness (QED) is 0.285. The normalized spacial score (nSPS) is 20.4. The molecule has 0 aromatic heterocycles. The summed E-state index contributed by atoms with van der Waals surface area (Å²) in [6.07, 6.45) is -6.02. The Kier molecular flexibility index (Phi) is 5.76. The number of aliphatic hydroxyl groups excluding tert-OH is 4. The molecule has 0 heterocycles. The number of carbonyl (C=O) groups excluding carboxylic acids is 1. The van der Waals surface area contributed by atoms with E-state index in [0.717, 1.165) is 0 Å². The van der Waals surface area contributed by atoms with Gasteiger partial charge in [0.25, 0.3) is 0 Å². The third-order valence-corrected chi connectivity index (χ3v) is 1.65. The molecule has 0 unspecified atom stereocenters. The van der Waals surface area contributed by atoms with Crippen LogP contribution in [0.1, 0.15) is 0 Å². The molecule has 0 radical (unpaired) electrons. The van der Waals surface area contributed by atoms with Crippen molar-refractivity contribution < 1.29 is 25.2 Å². The summed E-state index contributed by atoms with van der Waals surface area (Å²) in [4.78, 5) is 10.0. The largest absolute Gasteiger partial charge is 0.389 e. The van der Waals surface area contributed by atoms with Crippen LogP contribution in [0.3, 0.4) is 0 Å². The molecule has 13 heavy (non-hydrogen) atoms. The number of aliphatic hydroxyl groups is 4. The second-order valence-electron chi connectivity index (χ2n) is 2.73. The highest BCUT2D eigenvalue weighted by Crippen LogP contribution is 2.02. The number of likely N-dealkylation sites (N-methyl/N-ethyl adjacent to an activating group) is 1. The maximum absolute atomic E-state index is 10.0. The zero-order valence-electron chi connectivity index (χ0n) is 7.29. The molecule has 0 saturated carbocycles. The van der Waals surface area contributed by atoms with E-state index in [-0.39, 0.29) is 12.8 Å². The van der Waals surface area contributed by atoms with Gasteiger partial charge in [0, 0.05) is 6.54 Å². The van der Waals surface area contributed by atoms with Crippen LogP contribution in [0.4, 0.5) is 0 Å². The fourth-order valence-corrected chi connectivity index (χ4v) is 0.840. The second-order valence-corrected chi connectivity index (χ2v) is 2.73. The minimum atomic E-state index is -1.68. The lowest BCUT2D eigenvalue weighted by Gasteiger charge is -2.23. The van der Waals surface area contributed by atoms with Gasteiger partial charge < -0.3 is 30.5 Å². The first-order valence-corrected chi connectivity index (χ1v) is 3.86. The highest BCUT2D eigenvalue weighted by Gasteiger charge is 2.29. The van der Waals surface area contributed by atoms with E-state index in [4.69, 9.17) is 20.4 Å². The summed E-state index contributed by atoms with van der Waals surface area (Å²) in [5, 5.41) is 38.7. The standard InChI is InChI=1S/C7H15NO5/c1-8-2-4(10)6(12)7(13)5(11)3-9/h3-8,10-13H,2H2,1H3/t4-,5+,6-,7-/m1/s1. The van der Waals surface area contributed by atoms with Crippen LogP contribution >= 0.6 is 0 Å². The van der Waals surface area contributed by atoms with E-state index < -0.39 is 24.4 Å². The molecule has 0 aromatic rings. The Hall–Kier alpha value is -0.530. The van der Waals surface area contributed by atoms with Crippen LogP contribution in [0, 0.1) is 0 Å². The van der Waals surface area contributed by atoms with Crippen molar-refractivity contribution in [3.8, 4) is 0 Å². The number of rotatable bonds is 6. The molecule has 0 aliphatic carbocycles. The Morgan fingerprint density at radius 3 is 2.15 bits per heavy atom. The molecule has 0 fully saturated rings. The van der Waals surface area contributed by atoms with Crippen molar-refractivity contribution in [2.45, 2.75) is 24.4 Å². The molecule has 78 valence electrons. The molecular weight excluding hydrogens is 178 g/mol. The summed E-state index contributed by atoms with van der Waals surface area (Å²) >= 11 is 0. The van der Waals surface area contributed by atoms with Crippen LogP contribution in [0.25, 0.3) is 0 Å². The van der Waals surface area contributed by atoms with Crippen molar-refractivity contribution >= 4 is 6.29 Å². The SMILES string of the molecule is CNC[C@@H](O)[C@@H](O)[C@H](O)[C@@H](O)C=O. The highest BCUT2D eigenvalue weighted by molar-refractivity contribution is 5.56. The van der Waals surface area contributed by atoms with Gasteiger partial charge >= 0.3 is 0 Å². The van der Waals surface area contributed by atoms with E-state index in [0.29, 0.717) is 0 Å². The van der Waals surface area contributed by atoms with Crippen LogP contribution in [0.15, 0.2) is 0 Å². The smallest absolute Gasteiger partial charge is 0.151 e. The number of nitrogens with one attached hydrogen (secondary N) is 1. The van der Waals surface area contributed by atoms with Crippen LogP contribution in [-0.2, 0) is 4.79 Å². The highest BCUT2D eigenvalue weighted by atomic mass is 16.4. The molecule has 0 amide bonds. The summed E-state index contributed by atoms with van der Waals surface area (Å²) in [7, 11) is 1.55. The van der Waals surface area contributed by atoms with Crippen molar-refractivity contribution in [3.63, 3.8) is 0 Å². The van der Waals surface area contributed by atoms with Crippen molar-refractivity contribution in [2.24, 2.45) is 0 Å². The third-order valence-electron chi connectivity index (χ3n) is 1.65. The van der Waals surface area contributed by atoms with Gasteiger partial charge in [-0.2, -0.15) is 0 Å². The average molecular weight is 193 g/mol. The monoisotopic (exact) mass is 193 g/mol. The van der Waals surface area contributed by atoms with Gasteiger partial charge in [0.1, 0.15) is 18.3 Å². The molecule has 0 saturated heterocycles. The van der Waals surface area contributed by atoms with Crippen LogP contribution < -0.4 is 5.32 Å². The fourth-order valence-electron chi connectivity index (χ4n) is 0.840. The second kappa shape index (κ2) is 6.01. The summed E-state index contributed by atoms with van der Waals surface area (Å²) in [5.41, 5.74) is 0.